The second-order valence-corrected chi connectivity index (χ2v) is 7.27. The number of benzene rings is 2. The summed E-state index contributed by atoms with van der Waals surface area (Å²) in [6.45, 7) is 2.95. The van der Waals surface area contributed by atoms with Crippen LogP contribution in [-0.2, 0) is 14.3 Å². The molecule has 1 aliphatic carbocycles. The van der Waals surface area contributed by atoms with Gasteiger partial charge in [-0.15, -0.1) is 0 Å². The van der Waals surface area contributed by atoms with Gasteiger partial charge in [0.2, 0.25) is 11.8 Å². The van der Waals surface area contributed by atoms with Gasteiger partial charge in [-0.1, -0.05) is 12.1 Å². The maximum atomic E-state index is 12.7. The molecular formula is C22H25N3O4. The predicted octanol–water partition coefficient (Wildman–Crippen LogP) is 2.75. The summed E-state index contributed by atoms with van der Waals surface area (Å²) >= 11 is 0. The van der Waals surface area contributed by atoms with E-state index in [2.05, 4.69) is 15.5 Å². The number of para-hydroxylation sites is 2. The highest BCUT2D eigenvalue weighted by atomic mass is 16.5. The van der Waals surface area contributed by atoms with E-state index in [-0.39, 0.29) is 23.7 Å². The Labute approximate surface area is 170 Å². The summed E-state index contributed by atoms with van der Waals surface area (Å²) < 4.78 is 10.5. The SMILES string of the molecule is COc1ccc(NC(=O)C2CC2C(=O)Nc2ccccc2N2CCOCC2)cc1. The molecule has 1 saturated carbocycles. The van der Waals surface area contributed by atoms with Crippen molar-refractivity contribution in [2.24, 2.45) is 11.8 Å². The molecule has 1 heterocycles. The third-order valence-corrected chi connectivity index (χ3v) is 5.34. The van der Waals surface area contributed by atoms with Crippen molar-refractivity contribution < 1.29 is 19.1 Å². The summed E-state index contributed by atoms with van der Waals surface area (Å²) in [6, 6.07) is 14.9. The number of rotatable bonds is 6. The first kappa shape index (κ1) is 19.3. The van der Waals surface area contributed by atoms with Gasteiger partial charge in [0.15, 0.2) is 0 Å². The van der Waals surface area contributed by atoms with Gasteiger partial charge in [-0.2, -0.15) is 0 Å². The number of hydrogen-bond donors (Lipinski definition) is 2. The van der Waals surface area contributed by atoms with Crippen LogP contribution < -0.4 is 20.3 Å². The summed E-state index contributed by atoms with van der Waals surface area (Å²) in [5.74, 6) is -0.110. The monoisotopic (exact) mass is 395 g/mol. The van der Waals surface area contributed by atoms with Gasteiger partial charge in [0.05, 0.1) is 43.5 Å². The Bertz CT molecular complexity index is 878. The molecule has 2 unspecified atom stereocenters. The molecule has 7 nitrogen and oxygen atoms in total. The Morgan fingerprint density at radius 3 is 2.31 bits per heavy atom. The van der Waals surface area contributed by atoms with E-state index in [1.165, 1.54) is 0 Å². The normalized spacial score (nSPS) is 20.7. The van der Waals surface area contributed by atoms with Crippen LogP contribution in [0.15, 0.2) is 48.5 Å². The van der Waals surface area contributed by atoms with Crippen LogP contribution in [0.25, 0.3) is 0 Å². The molecule has 2 aliphatic rings. The molecule has 0 bridgehead atoms. The molecule has 2 amide bonds. The van der Waals surface area contributed by atoms with E-state index in [0.717, 1.165) is 30.2 Å². The van der Waals surface area contributed by atoms with Gasteiger partial charge >= 0.3 is 0 Å². The minimum Gasteiger partial charge on any atom is -0.497 e. The minimum absolute atomic E-state index is 0.111. The van der Waals surface area contributed by atoms with Crippen LogP contribution >= 0.6 is 0 Å². The number of hydrogen-bond acceptors (Lipinski definition) is 5. The molecule has 2 aromatic rings. The summed E-state index contributed by atoms with van der Waals surface area (Å²) in [7, 11) is 1.60. The lowest BCUT2D eigenvalue weighted by atomic mass is 10.2. The number of anilines is 3. The Balaban J connectivity index is 1.35. The van der Waals surface area contributed by atoms with Crippen LogP contribution in [0.1, 0.15) is 6.42 Å². The van der Waals surface area contributed by atoms with Crippen molar-refractivity contribution in [2.45, 2.75) is 6.42 Å². The van der Waals surface area contributed by atoms with Crippen LogP contribution in [0.3, 0.4) is 0 Å². The highest BCUT2D eigenvalue weighted by Gasteiger charge is 2.48. The smallest absolute Gasteiger partial charge is 0.228 e. The Morgan fingerprint density at radius 2 is 1.62 bits per heavy atom. The Morgan fingerprint density at radius 1 is 0.966 bits per heavy atom. The van der Waals surface area contributed by atoms with Crippen LogP contribution in [0.4, 0.5) is 17.1 Å². The van der Waals surface area contributed by atoms with Crippen molar-refractivity contribution in [3.05, 3.63) is 48.5 Å². The van der Waals surface area contributed by atoms with Crippen molar-refractivity contribution in [1.82, 2.24) is 0 Å². The maximum absolute atomic E-state index is 12.7. The highest BCUT2D eigenvalue weighted by Crippen LogP contribution is 2.41. The first-order valence-corrected chi connectivity index (χ1v) is 9.83. The van der Waals surface area contributed by atoms with Crippen LogP contribution in [0, 0.1) is 11.8 Å². The molecule has 0 radical (unpaired) electrons. The van der Waals surface area contributed by atoms with Crippen LogP contribution in [-0.4, -0.2) is 45.2 Å². The molecule has 1 saturated heterocycles. The number of morpholine rings is 1. The van der Waals surface area contributed by atoms with Gasteiger partial charge in [-0.05, 0) is 42.8 Å². The largest absolute Gasteiger partial charge is 0.497 e. The quantitative estimate of drug-likeness (QED) is 0.786. The van der Waals surface area contributed by atoms with E-state index in [1.54, 1.807) is 31.4 Å². The van der Waals surface area contributed by atoms with Crippen molar-refractivity contribution in [3.63, 3.8) is 0 Å². The van der Waals surface area contributed by atoms with Gasteiger partial charge in [-0.25, -0.2) is 0 Å². The molecule has 29 heavy (non-hydrogen) atoms. The lowest BCUT2D eigenvalue weighted by molar-refractivity contribution is -0.122. The van der Waals surface area contributed by atoms with Crippen molar-refractivity contribution in [2.75, 3.05) is 48.9 Å². The number of carbonyl (C=O) groups excluding carboxylic acids is 2. The second kappa shape index (κ2) is 8.53. The first-order chi connectivity index (χ1) is 14.2. The molecular weight excluding hydrogens is 370 g/mol. The number of nitrogens with zero attached hydrogens (tertiary/aromatic N) is 1. The maximum Gasteiger partial charge on any atom is 0.228 e. The average molecular weight is 395 g/mol. The second-order valence-electron chi connectivity index (χ2n) is 7.27. The lowest BCUT2D eigenvalue weighted by Gasteiger charge is -2.30. The molecule has 2 atom stereocenters. The fourth-order valence-corrected chi connectivity index (χ4v) is 3.57. The molecule has 4 rings (SSSR count). The van der Waals surface area contributed by atoms with Crippen molar-refractivity contribution in [3.8, 4) is 5.75 Å². The number of amides is 2. The van der Waals surface area contributed by atoms with E-state index in [0.29, 0.717) is 25.3 Å². The third kappa shape index (κ3) is 4.51. The molecule has 152 valence electrons. The van der Waals surface area contributed by atoms with Crippen molar-refractivity contribution in [1.29, 1.82) is 0 Å². The molecule has 2 aromatic carbocycles. The van der Waals surface area contributed by atoms with Gasteiger partial charge in [0, 0.05) is 18.8 Å². The molecule has 0 spiro atoms. The van der Waals surface area contributed by atoms with Crippen molar-refractivity contribution >= 4 is 28.9 Å². The van der Waals surface area contributed by atoms with E-state index in [4.69, 9.17) is 9.47 Å². The zero-order valence-corrected chi connectivity index (χ0v) is 16.4. The molecule has 7 heteroatoms. The zero-order valence-electron chi connectivity index (χ0n) is 16.4. The topological polar surface area (TPSA) is 79.9 Å². The minimum atomic E-state index is -0.300. The number of carbonyl (C=O) groups is 2. The zero-order chi connectivity index (χ0) is 20.2. The molecule has 1 aliphatic heterocycles. The lowest BCUT2D eigenvalue weighted by Crippen LogP contribution is -2.36. The molecule has 0 aromatic heterocycles. The summed E-state index contributed by atoms with van der Waals surface area (Å²) in [5.41, 5.74) is 2.46. The first-order valence-electron chi connectivity index (χ1n) is 9.83. The number of methoxy groups -OCH3 is 1. The standard InChI is InChI=1S/C22H25N3O4/c1-28-16-8-6-15(7-9-16)23-21(26)17-14-18(17)22(27)24-19-4-2-3-5-20(19)25-10-12-29-13-11-25/h2-9,17-18H,10-14H2,1H3,(H,23,26)(H,24,27). The Hall–Kier alpha value is -3.06. The summed E-state index contributed by atoms with van der Waals surface area (Å²) in [5, 5.41) is 5.89. The predicted molar refractivity (Wildman–Crippen MR) is 111 cm³/mol. The number of nitrogens with one attached hydrogen (secondary N) is 2. The molecule has 2 N–H and O–H groups in total. The van der Waals surface area contributed by atoms with Crippen LogP contribution in [0.5, 0.6) is 5.75 Å². The number of ether oxygens (including phenoxy) is 2. The fourth-order valence-electron chi connectivity index (χ4n) is 3.57. The third-order valence-electron chi connectivity index (χ3n) is 5.34. The van der Waals surface area contributed by atoms with E-state index >= 15 is 0 Å². The summed E-state index contributed by atoms with van der Waals surface area (Å²) in [4.78, 5) is 27.4. The van der Waals surface area contributed by atoms with Gasteiger partial charge in [0.1, 0.15) is 5.75 Å². The summed E-state index contributed by atoms with van der Waals surface area (Å²) in [6.07, 6.45) is 0.563. The van der Waals surface area contributed by atoms with Gasteiger partial charge in [0.25, 0.3) is 0 Å². The molecule has 2 fully saturated rings. The fraction of sp³-hybridized carbons (Fsp3) is 0.364. The van der Waals surface area contributed by atoms with Crippen LogP contribution in [0.2, 0.25) is 0 Å². The Kier molecular flexibility index (Phi) is 5.67. The average Bonchev–Trinajstić information content (AvgIpc) is 3.57. The highest BCUT2D eigenvalue weighted by molar-refractivity contribution is 6.04. The van der Waals surface area contributed by atoms with Gasteiger partial charge in [-0.3, -0.25) is 9.59 Å². The van der Waals surface area contributed by atoms with Gasteiger partial charge < -0.3 is 25.0 Å². The van der Waals surface area contributed by atoms with E-state index in [9.17, 15) is 9.59 Å². The van der Waals surface area contributed by atoms with E-state index < -0.39 is 0 Å². The van der Waals surface area contributed by atoms with E-state index in [1.807, 2.05) is 24.3 Å².